The van der Waals surface area contributed by atoms with Crippen LogP contribution in [0.1, 0.15) is 51.8 Å². The summed E-state index contributed by atoms with van der Waals surface area (Å²) in [4.78, 5) is 26.4. The number of anilines is 1. The summed E-state index contributed by atoms with van der Waals surface area (Å²) in [6.07, 6.45) is 5.86. The van der Waals surface area contributed by atoms with Gasteiger partial charge in [-0.05, 0) is 19.3 Å². The van der Waals surface area contributed by atoms with E-state index >= 15 is 0 Å². The molecule has 0 spiro atoms. The van der Waals surface area contributed by atoms with Crippen molar-refractivity contribution in [2.24, 2.45) is 0 Å². The molecule has 0 radical (unpaired) electrons. The van der Waals surface area contributed by atoms with E-state index in [1.165, 1.54) is 0 Å². The van der Waals surface area contributed by atoms with Gasteiger partial charge in [0.15, 0.2) is 0 Å². The third kappa shape index (κ3) is 5.43. The lowest BCUT2D eigenvalue weighted by atomic mass is 10.1. The topological polar surface area (TPSA) is 87.4 Å². The molecule has 4 rings (SSSR count). The first kappa shape index (κ1) is 23.0. The van der Waals surface area contributed by atoms with Crippen molar-refractivity contribution in [1.82, 2.24) is 25.3 Å². The number of rotatable bonds is 8. The number of urea groups is 1. The van der Waals surface area contributed by atoms with Gasteiger partial charge in [0.1, 0.15) is 22.7 Å². The van der Waals surface area contributed by atoms with Crippen LogP contribution in [0.5, 0.6) is 0 Å². The molecule has 2 amide bonds. The fourth-order valence-corrected chi connectivity index (χ4v) is 4.16. The van der Waals surface area contributed by atoms with E-state index in [0.29, 0.717) is 18.8 Å². The number of hydrogen-bond donors (Lipinski definition) is 1. The quantitative estimate of drug-likeness (QED) is 0.503. The Balaban J connectivity index is 1.63. The molecule has 0 saturated carbocycles. The van der Waals surface area contributed by atoms with Crippen molar-refractivity contribution in [3.05, 3.63) is 36.2 Å². The number of carbonyl (C=O) groups excluding carboxylic acids is 1. The fraction of sp³-hybridized carbons (Fsp3) is 0.520. The predicted octanol–water partition coefficient (Wildman–Crippen LogP) is 4.65. The number of nitrogens with one attached hydrogen (secondary N) is 1. The van der Waals surface area contributed by atoms with Gasteiger partial charge < -0.3 is 19.6 Å². The zero-order chi connectivity index (χ0) is 23.0. The number of hydrogen-bond acceptors (Lipinski definition) is 6. The van der Waals surface area contributed by atoms with Gasteiger partial charge in [0.2, 0.25) is 0 Å². The van der Waals surface area contributed by atoms with Crippen LogP contribution in [-0.4, -0.2) is 58.8 Å². The van der Waals surface area contributed by atoms with E-state index in [1.54, 1.807) is 0 Å². The Morgan fingerprint density at radius 3 is 2.64 bits per heavy atom. The molecule has 1 N–H and O–H groups in total. The SMILES string of the molecule is CCCCNC(=O)N1CCCN(c2nc(CCCC)nc3onc(-c4ccccc4)c23)CC1. The van der Waals surface area contributed by atoms with Gasteiger partial charge in [0.05, 0.1) is 0 Å². The summed E-state index contributed by atoms with van der Waals surface area (Å²) >= 11 is 0. The molecule has 1 aliphatic rings. The van der Waals surface area contributed by atoms with Gasteiger partial charge in [-0.15, -0.1) is 0 Å². The van der Waals surface area contributed by atoms with Crippen molar-refractivity contribution in [2.45, 2.75) is 52.4 Å². The summed E-state index contributed by atoms with van der Waals surface area (Å²) in [7, 11) is 0. The van der Waals surface area contributed by atoms with E-state index in [9.17, 15) is 4.79 Å². The fourth-order valence-electron chi connectivity index (χ4n) is 4.16. The Kier molecular flexibility index (Phi) is 7.75. The number of nitrogens with zero attached hydrogens (tertiary/aromatic N) is 5. The van der Waals surface area contributed by atoms with E-state index in [2.05, 4.69) is 34.2 Å². The highest BCUT2D eigenvalue weighted by Crippen LogP contribution is 2.34. The average molecular weight is 451 g/mol. The maximum absolute atomic E-state index is 12.6. The maximum Gasteiger partial charge on any atom is 0.317 e. The van der Waals surface area contributed by atoms with Crippen molar-refractivity contribution in [3.63, 3.8) is 0 Å². The second-order valence-corrected chi connectivity index (χ2v) is 8.56. The molecule has 8 heteroatoms. The zero-order valence-electron chi connectivity index (χ0n) is 19.7. The van der Waals surface area contributed by atoms with Crippen molar-refractivity contribution >= 4 is 22.9 Å². The number of benzene rings is 1. The van der Waals surface area contributed by atoms with E-state index in [-0.39, 0.29) is 6.03 Å². The molecule has 1 aliphatic heterocycles. The Morgan fingerprint density at radius 2 is 1.85 bits per heavy atom. The molecule has 3 aromatic rings. The molecule has 3 heterocycles. The maximum atomic E-state index is 12.6. The molecule has 33 heavy (non-hydrogen) atoms. The first-order valence-electron chi connectivity index (χ1n) is 12.2. The van der Waals surface area contributed by atoms with Crippen LogP contribution in [0.2, 0.25) is 0 Å². The van der Waals surface area contributed by atoms with Crippen LogP contribution in [-0.2, 0) is 6.42 Å². The van der Waals surface area contributed by atoms with Gasteiger partial charge in [-0.1, -0.05) is 62.2 Å². The minimum Gasteiger partial charge on any atom is -0.354 e. The van der Waals surface area contributed by atoms with Gasteiger partial charge >= 0.3 is 6.03 Å². The van der Waals surface area contributed by atoms with Crippen molar-refractivity contribution < 1.29 is 9.32 Å². The average Bonchev–Trinajstić information content (AvgIpc) is 3.11. The van der Waals surface area contributed by atoms with Crippen LogP contribution in [0, 0.1) is 0 Å². The highest BCUT2D eigenvalue weighted by molar-refractivity contribution is 5.98. The van der Waals surface area contributed by atoms with Crippen LogP contribution >= 0.6 is 0 Å². The number of unbranched alkanes of at least 4 members (excludes halogenated alkanes) is 2. The van der Waals surface area contributed by atoms with E-state index in [0.717, 1.165) is 86.4 Å². The largest absolute Gasteiger partial charge is 0.354 e. The molecule has 0 unspecified atom stereocenters. The molecule has 8 nitrogen and oxygen atoms in total. The normalized spacial score (nSPS) is 14.5. The molecule has 1 fully saturated rings. The Bertz CT molecular complexity index is 1050. The predicted molar refractivity (Wildman–Crippen MR) is 130 cm³/mol. The van der Waals surface area contributed by atoms with Crippen molar-refractivity contribution in [3.8, 4) is 11.3 Å². The highest BCUT2D eigenvalue weighted by atomic mass is 16.5. The number of aryl methyl sites for hydroxylation is 1. The molecule has 0 bridgehead atoms. The molecule has 176 valence electrons. The summed E-state index contributed by atoms with van der Waals surface area (Å²) in [5.41, 5.74) is 2.28. The molecule has 1 aromatic carbocycles. The minimum atomic E-state index is 0.0247. The first-order chi connectivity index (χ1) is 16.2. The Labute approximate surface area is 195 Å². The van der Waals surface area contributed by atoms with Gasteiger partial charge in [0, 0.05) is 44.7 Å². The van der Waals surface area contributed by atoms with Crippen molar-refractivity contribution in [2.75, 3.05) is 37.6 Å². The van der Waals surface area contributed by atoms with Crippen molar-refractivity contribution in [1.29, 1.82) is 0 Å². The number of aromatic nitrogens is 3. The highest BCUT2D eigenvalue weighted by Gasteiger charge is 2.25. The monoisotopic (exact) mass is 450 g/mol. The van der Waals surface area contributed by atoms with Crippen LogP contribution in [0.4, 0.5) is 10.6 Å². The summed E-state index contributed by atoms with van der Waals surface area (Å²) in [5, 5.41) is 8.26. The summed E-state index contributed by atoms with van der Waals surface area (Å²) in [5.74, 6) is 1.65. The van der Waals surface area contributed by atoms with Crippen LogP contribution < -0.4 is 10.2 Å². The van der Waals surface area contributed by atoms with E-state index in [4.69, 9.17) is 9.51 Å². The van der Waals surface area contributed by atoms with Gasteiger partial charge in [-0.3, -0.25) is 0 Å². The van der Waals surface area contributed by atoms with Crippen LogP contribution in [0.15, 0.2) is 34.9 Å². The molecular formula is C25H34N6O2. The number of carbonyl (C=O) groups is 1. The standard InChI is InChI=1S/C25H34N6O2/c1-3-5-13-20-27-23(21-22(29-33-24(21)28-20)19-11-8-7-9-12-19)30-15-10-16-31(18-17-30)25(32)26-14-6-4-2/h7-9,11-12H,3-6,10,13-18H2,1-2H3,(H,26,32). The molecule has 0 aliphatic carbocycles. The lowest BCUT2D eigenvalue weighted by Crippen LogP contribution is -2.42. The molecule has 2 aromatic heterocycles. The summed E-state index contributed by atoms with van der Waals surface area (Å²) < 4.78 is 5.70. The Morgan fingerprint density at radius 1 is 1.03 bits per heavy atom. The zero-order valence-corrected chi connectivity index (χ0v) is 19.7. The van der Waals surface area contributed by atoms with Gasteiger partial charge in [-0.25, -0.2) is 9.78 Å². The molecule has 1 saturated heterocycles. The number of amides is 2. The molecular weight excluding hydrogens is 416 g/mol. The van der Waals surface area contributed by atoms with Crippen LogP contribution in [0.25, 0.3) is 22.4 Å². The van der Waals surface area contributed by atoms with E-state index in [1.807, 2.05) is 35.2 Å². The lowest BCUT2D eigenvalue weighted by Gasteiger charge is -2.24. The second-order valence-electron chi connectivity index (χ2n) is 8.56. The smallest absolute Gasteiger partial charge is 0.317 e. The van der Waals surface area contributed by atoms with E-state index < -0.39 is 0 Å². The summed E-state index contributed by atoms with van der Waals surface area (Å²) in [6, 6.07) is 10.0. The van der Waals surface area contributed by atoms with Gasteiger partial charge in [-0.2, -0.15) is 4.98 Å². The minimum absolute atomic E-state index is 0.0247. The number of fused-ring (bicyclic) bond motifs is 1. The third-order valence-electron chi connectivity index (χ3n) is 6.05. The third-order valence-corrected chi connectivity index (χ3v) is 6.05. The Hall–Kier alpha value is -3.16. The first-order valence-corrected chi connectivity index (χ1v) is 12.2. The van der Waals surface area contributed by atoms with Crippen LogP contribution in [0.3, 0.4) is 0 Å². The molecule has 0 atom stereocenters. The summed E-state index contributed by atoms with van der Waals surface area (Å²) in [6.45, 7) is 7.93. The van der Waals surface area contributed by atoms with Gasteiger partial charge in [0.25, 0.3) is 5.71 Å². The second kappa shape index (κ2) is 11.1. The lowest BCUT2D eigenvalue weighted by molar-refractivity contribution is 0.201.